The summed E-state index contributed by atoms with van der Waals surface area (Å²) in [5, 5.41) is 0. The molecule has 9 heteroatoms. The summed E-state index contributed by atoms with van der Waals surface area (Å²) in [7, 11) is -3.02. The average Bonchev–Trinajstić information content (AvgIpc) is 2.67. The fourth-order valence-corrected chi connectivity index (χ4v) is 3.29. The molecule has 0 aromatic rings. The Kier molecular flexibility index (Phi) is 21.7. The van der Waals surface area contributed by atoms with Gasteiger partial charge >= 0.3 is 35.5 Å². The number of esters is 1. The van der Waals surface area contributed by atoms with Gasteiger partial charge < -0.3 is 14.2 Å². The van der Waals surface area contributed by atoms with Crippen molar-refractivity contribution in [3.8, 4) is 0 Å². The zero-order valence-corrected chi connectivity index (χ0v) is 21.9. The topological polar surface area (TPSA) is 104 Å². The van der Waals surface area contributed by atoms with Crippen molar-refractivity contribution in [2.24, 2.45) is 0 Å². The number of unbranched alkanes of at least 4 members (excludes halogenated alkanes) is 11. The largest absolute Gasteiger partial charge is 1.00 e. The molecule has 1 amide bonds. The zero-order chi connectivity index (χ0) is 22.0. The van der Waals surface area contributed by atoms with Crippen LogP contribution in [-0.4, -0.2) is 55.7 Å². The molecule has 0 N–H and O–H groups in total. The van der Waals surface area contributed by atoms with E-state index in [1.807, 2.05) is 0 Å². The molecule has 0 spiro atoms. The molecule has 0 aliphatic heterocycles. The second kappa shape index (κ2) is 20.5. The van der Waals surface area contributed by atoms with Crippen LogP contribution in [0, 0.1) is 0 Å². The number of likely N-dealkylation sites (N-methyl/N-ethyl adjacent to an activating group) is 1. The molecule has 0 heterocycles. The molecule has 0 saturated heterocycles. The predicted molar refractivity (Wildman–Crippen MR) is 113 cm³/mol. The van der Waals surface area contributed by atoms with Crippen molar-refractivity contribution in [3.63, 3.8) is 0 Å². The van der Waals surface area contributed by atoms with Crippen molar-refractivity contribution in [3.05, 3.63) is 12.2 Å². The third kappa shape index (κ3) is 22.3. The molecular weight excluding hydrogens is 417 g/mol. The van der Waals surface area contributed by atoms with Crippen LogP contribution in [0.1, 0.15) is 84.0 Å². The van der Waals surface area contributed by atoms with Gasteiger partial charge in [0.05, 0.1) is 22.5 Å². The number of carbonyl (C=O) groups is 2. The van der Waals surface area contributed by atoms with Crippen LogP contribution < -0.4 is 29.6 Å². The van der Waals surface area contributed by atoms with E-state index in [0.717, 1.165) is 36.3 Å². The van der Waals surface area contributed by atoms with Crippen LogP contribution in [0.15, 0.2) is 12.2 Å². The van der Waals surface area contributed by atoms with E-state index in [1.165, 1.54) is 64.8 Å². The maximum atomic E-state index is 11.7. The van der Waals surface area contributed by atoms with Crippen LogP contribution in [0.3, 0.4) is 0 Å². The van der Waals surface area contributed by atoms with E-state index >= 15 is 0 Å². The molecule has 0 aliphatic carbocycles. The maximum absolute atomic E-state index is 11.7. The molecule has 0 unspecified atom stereocenters. The molecule has 30 heavy (non-hydrogen) atoms. The van der Waals surface area contributed by atoms with E-state index in [0.29, 0.717) is 6.61 Å². The molecule has 170 valence electrons. The second-order valence-electron chi connectivity index (χ2n) is 7.41. The van der Waals surface area contributed by atoms with E-state index in [-0.39, 0.29) is 36.1 Å². The summed E-state index contributed by atoms with van der Waals surface area (Å²) in [5.41, 5.74) is 0. The summed E-state index contributed by atoms with van der Waals surface area (Å²) in [4.78, 5) is 24.3. The van der Waals surface area contributed by atoms with Gasteiger partial charge in [-0.15, -0.1) is 0 Å². The van der Waals surface area contributed by atoms with E-state index in [9.17, 15) is 22.6 Å². The monoisotopic (exact) mass is 455 g/mol. The number of ether oxygens (including phenoxy) is 1. The molecule has 0 rings (SSSR count). The minimum atomic E-state index is -4.37. The minimum Gasteiger partial charge on any atom is -0.748 e. The summed E-state index contributed by atoms with van der Waals surface area (Å²) in [5.74, 6) is -1.82. The van der Waals surface area contributed by atoms with Crippen LogP contribution >= 0.6 is 0 Å². The molecule has 0 aliphatic rings. The first kappa shape index (κ1) is 31.8. The summed E-state index contributed by atoms with van der Waals surface area (Å²) in [6, 6.07) is 0. The second-order valence-corrected chi connectivity index (χ2v) is 8.94. The number of hydrogen-bond donors (Lipinski definition) is 0. The number of amides is 1. The van der Waals surface area contributed by atoms with Gasteiger partial charge in [-0.25, -0.2) is 13.2 Å². The Morgan fingerprint density at radius 3 is 1.80 bits per heavy atom. The first-order chi connectivity index (χ1) is 13.8. The third-order valence-electron chi connectivity index (χ3n) is 4.66. The molecule has 0 bridgehead atoms. The number of rotatable bonds is 18. The first-order valence-electron chi connectivity index (χ1n) is 10.8. The third-order valence-corrected chi connectivity index (χ3v) is 5.34. The van der Waals surface area contributed by atoms with Gasteiger partial charge in [-0.1, -0.05) is 77.6 Å². The SMILES string of the molecule is CCCCCCCCCCCCCCOC(=O)/C=C/C(=O)N(C)CCS(=O)(=O)[O-].[Na+]. The molecule has 0 radical (unpaired) electrons. The smallest absolute Gasteiger partial charge is 0.748 e. The van der Waals surface area contributed by atoms with E-state index in [4.69, 9.17) is 4.74 Å². The standard InChI is InChI=1S/C21H39NO6S.Na/c1-3-4-5-6-7-8-9-10-11-12-13-14-18-28-21(24)16-15-20(23)22(2)17-19-29(25,26)27;/h15-16H,3-14,17-19H2,1-2H3,(H,25,26,27);/q;+1/p-1/b16-15+;. The van der Waals surface area contributed by atoms with Gasteiger partial charge in [0.2, 0.25) is 5.91 Å². The first-order valence-corrected chi connectivity index (χ1v) is 12.4. The van der Waals surface area contributed by atoms with Gasteiger partial charge in [-0.3, -0.25) is 4.79 Å². The van der Waals surface area contributed by atoms with Crippen LogP contribution in [0.2, 0.25) is 0 Å². The molecule has 0 saturated carbocycles. The Hall–Kier alpha value is -0.410. The Labute approximate surface area is 205 Å². The van der Waals surface area contributed by atoms with Crippen LogP contribution in [0.5, 0.6) is 0 Å². The Balaban J connectivity index is 0. The fourth-order valence-electron chi connectivity index (χ4n) is 2.79. The van der Waals surface area contributed by atoms with Gasteiger partial charge in [0, 0.05) is 25.7 Å². The van der Waals surface area contributed by atoms with E-state index < -0.39 is 27.7 Å². The normalized spacial score (nSPS) is 11.3. The molecule has 0 atom stereocenters. The molecular formula is C21H38NNaO6S. The van der Waals surface area contributed by atoms with Gasteiger partial charge in [0.15, 0.2) is 0 Å². The summed E-state index contributed by atoms with van der Waals surface area (Å²) >= 11 is 0. The maximum Gasteiger partial charge on any atom is 1.00 e. The van der Waals surface area contributed by atoms with Crippen molar-refractivity contribution in [2.75, 3.05) is 26.0 Å². The molecule has 0 aromatic heterocycles. The quantitative estimate of drug-likeness (QED) is 0.0995. The van der Waals surface area contributed by atoms with Crippen molar-refractivity contribution in [1.82, 2.24) is 4.90 Å². The Morgan fingerprint density at radius 2 is 1.33 bits per heavy atom. The van der Waals surface area contributed by atoms with E-state index in [1.54, 1.807) is 0 Å². The minimum absolute atomic E-state index is 0. The van der Waals surface area contributed by atoms with E-state index in [2.05, 4.69) is 6.92 Å². The molecule has 0 aromatic carbocycles. The fraction of sp³-hybridized carbons (Fsp3) is 0.810. The van der Waals surface area contributed by atoms with Gasteiger partial charge in [0.1, 0.15) is 0 Å². The van der Waals surface area contributed by atoms with Crippen LogP contribution in [-0.2, 0) is 24.4 Å². The Morgan fingerprint density at radius 1 is 0.867 bits per heavy atom. The van der Waals surface area contributed by atoms with Crippen molar-refractivity contribution in [2.45, 2.75) is 84.0 Å². The van der Waals surface area contributed by atoms with Crippen molar-refractivity contribution >= 4 is 22.0 Å². The summed E-state index contributed by atoms with van der Waals surface area (Å²) in [6.07, 6.45) is 16.8. The van der Waals surface area contributed by atoms with Crippen LogP contribution in [0.4, 0.5) is 0 Å². The van der Waals surface area contributed by atoms with Crippen LogP contribution in [0.25, 0.3) is 0 Å². The number of carbonyl (C=O) groups excluding carboxylic acids is 2. The average molecular weight is 456 g/mol. The van der Waals surface area contributed by atoms with Gasteiger partial charge in [-0.2, -0.15) is 0 Å². The Bertz CT molecular complexity index is 580. The molecule has 0 fully saturated rings. The van der Waals surface area contributed by atoms with Crippen molar-refractivity contribution in [1.29, 1.82) is 0 Å². The van der Waals surface area contributed by atoms with Gasteiger partial charge in [0.25, 0.3) is 0 Å². The van der Waals surface area contributed by atoms with Crippen molar-refractivity contribution < 1.29 is 56.9 Å². The predicted octanol–water partition coefficient (Wildman–Crippen LogP) is 0.795. The summed E-state index contributed by atoms with van der Waals surface area (Å²) < 4.78 is 36.7. The number of nitrogens with zero attached hydrogens (tertiary/aromatic N) is 1. The summed E-state index contributed by atoms with van der Waals surface area (Å²) in [6.45, 7) is 2.33. The van der Waals surface area contributed by atoms with Gasteiger partial charge in [-0.05, 0) is 6.42 Å². The number of hydrogen-bond acceptors (Lipinski definition) is 6. The molecule has 7 nitrogen and oxygen atoms in total. The zero-order valence-electron chi connectivity index (χ0n) is 19.1.